The number of alkyl halides is 1. The van der Waals surface area contributed by atoms with Gasteiger partial charge < -0.3 is 5.32 Å². The van der Waals surface area contributed by atoms with E-state index in [4.69, 9.17) is 0 Å². The molecule has 1 N–H and O–H groups in total. The number of nitrogens with one attached hydrogen (secondary N) is 1. The molecule has 0 aliphatic rings. The minimum atomic E-state index is -0.243. The molecule has 0 aromatic heterocycles. The Labute approximate surface area is 97.0 Å². The molecule has 1 aromatic rings. The van der Waals surface area contributed by atoms with Crippen molar-refractivity contribution < 1.29 is 9.18 Å². The summed E-state index contributed by atoms with van der Waals surface area (Å²) in [6, 6.07) is 3.12. The summed E-state index contributed by atoms with van der Waals surface area (Å²) in [5.74, 6) is -0.410. The molecular weight excluding hydrogens is 261 g/mol. The highest BCUT2D eigenvalue weighted by atomic mass is 79.9. The van der Waals surface area contributed by atoms with Crippen LogP contribution in [0.25, 0.3) is 0 Å². The number of aryl methyl sites for hydroxylation is 2. The summed E-state index contributed by atoms with van der Waals surface area (Å²) in [6.45, 7) is 3.88. The average Bonchev–Trinajstić information content (AvgIpc) is 2.21. The Kier molecular flexibility index (Phi) is 4.27. The van der Waals surface area contributed by atoms with Crippen LogP contribution in [0, 0.1) is 19.7 Å². The maximum absolute atomic E-state index is 13.3. The second kappa shape index (κ2) is 5.26. The topological polar surface area (TPSA) is 29.1 Å². The lowest BCUT2D eigenvalue weighted by atomic mass is 10.1. The molecule has 1 aromatic carbocycles. The van der Waals surface area contributed by atoms with Crippen LogP contribution in [0.1, 0.15) is 21.5 Å². The van der Waals surface area contributed by atoms with Crippen LogP contribution in [0.4, 0.5) is 4.39 Å². The Hall–Kier alpha value is -0.900. The third kappa shape index (κ3) is 3.02. The molecule has 2 nitrogen and oxygen atoms in total. The Morgan fingerprint density at radius 2 is 1.93 bits per heavy atom. The van der Waals surface area contributed by atoms with Crippen LogP contribution in [0.5, 0.6) is 0 Å². The van der Waals surface area contributed by atoms with E-state index < -0.39 is 0 Å². The van der Waals surface area contributed by atoms with Crippen molar-refractivity contribution in [1.82, 2.24) is 5.32 Å². The van der Waals surface area contributed by atoms with Gasteiger partial charge in [0.2, 0.25) is 0 Å². The normalized spacial score (nSPS) is 10.1. The van der Waals surface area contributed by atoms with Crippen molar-refractivity contribution >= 4 is 21.8 Å². The number of rotatable bonds is 3. The molecule has 0 spiro atoms. The van der Waals surface area contributed by atoms with Gasteiger partial charge in [-0.2, -0.15) is 0 Å². The molecule has 0 aliphatic heterocycles. The fourth-order valence-electron chi connectivity index (χ4n) is 1.34. The van der Waals surface area contributed by atoms with Gasteiger partial charge >= 0.3 is 0 Å². The lowest BCUT2D eigenvalue weighted by Gasteiger charge is -2.06. The summed E-state index contributed by atoms with van der Waals surface area (Å²) in [7, 11) is 0. The van der Waals surface area contributed by atoms with Crippen molar-refractivity contribution in [1.29, 1.82) is 0 Å². The van der Waals surface area contributed by atoms with Crippen molar-refractivity contribution in [3.63, 3.8) is 0 Å². The monoisotopic (exact) mass is 273 g/mol. The van der Waals surface area contributed by atoms with E-state index in [0.717, 1.165) is 0 Å². The number of carbonyl (C=O) groups excluding carboxylic acids is 1. The van der Waals surface area contributed by atoms with Gasteiger partial charge in [-0.1, -0.05) is 15.9 Å². The van der Waals surface area contributed by atoms with Crippen LogP contribution in [-0.4, -0.2) is 17.8 Å². The van der Waals surface area contributed by atoms with Crippen molar-refractivity contribution in [3.8, 4) is 0 Å². The summed E-state index contributed by atoms with van der Waals surface area (Å²) < 4.78 is 13.3. The lowest BCUT2D eigenvalue weighted by Crippen LogP contribution is -2.25. The number of halogens is 2. The second-order valence-electron chi connectivity index (χ2n) is 3.37. The molecule has 0 saturated carbocycles. The number of benzene rings is 1. The van der Waals surface area contributed by atoms with Gasteiger partial charge in [-0.25, -0.2) is 4.39 Å². The summed E-state index contributed by atoms with van der Waals surface area (Å²) in [4.78, 5) is 11.6. The third-order valence-corrected chi connectivity index (χ3v) is 2.48. The average molecular weight is 274 g/mol. The van der Waals surface area contributed by atoms with Crippen LogP contribution in [0.3, 0.4) is 0 Å². The van der Waals surface area contributed by atoms with Crippen molar-refractivity contribution in [2.24, 2.45) is 0 Å². The first kappa shape index (κ1) is 12.2. The molecular formula is C11H13BrFNO. The van der Waals surface area contributed by atoms with E-state index in [0.29, 0.717) is 28.6 Å². The maximum Gasteiger partial charge on any atom is 0.251 e. The standard InChI is InChI=1S/C11H13BrFNO/c1-7-5-9(6-8(2)10(7)13)11(15)14-4-3-12/h5-6H,3-4H2,1-2H3,(H,14,15). The highest BCUT2D eigenvalue weighted by molar-refractivity contribution is 9.09. The number of amides is 1. The molecule has 82 valence electrons. The molecule has 0 atom stereocenters. The Balaban J connectivity index is 2.91. The fourth-order valence-corrected chi connectivity index (χ4v) is 1.54. The first-order valence-corrected chi connectivity index (χ1v) is 5.79. The van der Waals surface area contributed by atoms with E-state index in [1.54, 1.807) is 26.0 Å². The van der Waals surface area contributed by atoms with Gasteiger partial charge in [0.05, 0.1) is 0 Å². The van der Waals surface area contributed by atoms with Gasteiger partial charge in [-0.15, -0.1) is 0 Å². The first-order valence-electron chi connectivity index (χ1n) is 4.67. The molecule has 0 unspecified atom stereocenters. The van der Waals surface area contributed by atoms with Gasteiger partial charge in [-0.05, 0) is 37.1 Å². The summed E-state index contributed by atoms with van der Waals surface area (Å²) >= 11 is 3.22. The Morgan fingerprint density at radius 1 is 1.40 bits per heavy atom. The van der Waals surface area contributed by atoms with Crippen LogP contribution in [-0.2, 0) is 0 Å². The highest BCUT2D eigenvalue weighted by Crippen LogP contribution is 2.14. The molecule has 0 bridgehead atoms. The van der Waals surface area contributed by atoms with Crippen molar-refractivity contribution in [2.45, 2.75) is 13.8 Å². The van der Waals surface area contributed by atoms with E-state index in [9.17, 15) is 9.18 Å². The van der Waals surface area contributed by atoms with E-state index >= 15 is 0 Å². The molecule has 1 rings (SSSR count). The van der Waals surface area contributed by atoms with E-state index in [2.05, 4.69) is 21.2 Å². The van der Waals surface area contributed by atoms with Gasteiger partial charge in [0.1, 0.15) is 5.82 Å². The zero-order valence-corrected chi connectivity index (χ0v) is 10.3. The molecule has 0 fully saturated rings. The van der Waals surface area contributed by atoms with Crippen LogP contribution in [0.15, 0.2) is 12.1 Å². The van der Waals surface area contributed by atoms with Gasteiger partial charge in [-0.3, -0.25) is 4.79 Å². The van der Waals surface area contributed by atoms with Gasteiger partial charge in [0.15, 0.2) is 0 Å². The molecule has 0 radical (unpaired) electrons. The summed E-state index contributed by atoms with van der Waals surface area (Å²) in [5.41, 5.74) is 1.50. The largest absolute Gasteiger partial charge is 0.351 e. The minimum Gasteiger partial charge on any atom is -0.351 e. The maximum atomic E-state index is 13.3. The van der Waals surface area contributed by atoms with Crippen LogP contribution >= 0.6 is 15.9 Å². The molecule has 0 aliphatic carbocycles. The molecule has 4 heteroatoms. The van der Waals surface area contributed by atoms with Gasteiger partial charge in [0, 0.05) is 17.4 Å². The smallest absolute Gasteiger partial charge is 0.251 e. The summed E-state index contributed by atoms with van der Waals surface area (Å²) in [6.07, 6.45) is 0. The number of hydrogen-bond acceptors (Lipinski definition) is 1. The van der Waals surface area contributed by atoms with E-state index in [1.165, 1.54) is 0 Å². The molecule has 1 amide bonds. The minimum absolute atomic E-state index is 0.166. The molecule has 0 saturated heterocycles. The predicted molar refractivity (Wildman–Crippen MR) is 62.0 cm³/mol. The Bertz CT molecular complexity index is 356. The highest BCUT2D eigenvalue weighted by Gasteiger charge is 2.09. The van der Waals surface area contributed by atoms with E-state index in [1.807, 2.05) is 0 Å². The zero-order valence-electron chi connectivity index (χ0n) is 8.73. The number of carbonyl (C=O) groups is 1. The zero-order chi connectivity index (χ0) is 11.4. The predicted octanol–water partition coefficient (Wildman–Crippen LogP) is 2.57. The van der Waals surface area contributed by atoms with E-state index in [-0.39, 0.29) is 11.7 Å². The quantitative estimate of drug-likeness (QED) is 0.843. The molecule has 15 heavy (non-hydrogen) atoms. The van der Waals surface area contributed by atoms with Crippen molar-refractivity contribution in [3.05, 3.63) is 34.6 Å². The number of hydrogen-bond donors (Lipinski definition) is 1. The molecule has 0 heterocycles. The second-order valence-corrected chi connectivity index (χ2v) is 4.16. The lowest BCUT2D eigenvalue weighted by molar-refractivity contribution is 0.0956. The SMILES string of the molecule is Cc1cc(C(=O)NCCBr)cc(C)c1F. The fraction of sp³-hybridized carbons (Fsp3) is 0.364. The summed E-state index contributed by atoms with van der Waals surface area (Å²) in [5, 5.41) is 3.42. The van der Waals surface area contributed by atoms with Crippen LogP contribution < -0.4 is 5.32 Å². The van der Waals surface area contributed by atoms with Crippen molar-refractivity contribution in [2.75, 3.05) is 11.9 Å². The van der Waals surface area contributed by atoms with Gasteiger partial charge in [0.25, 0.3) is 5.91 Å². The first-order chi connectivity index (χ1) is 7.06. The third-order valence-electron chi connectivity index (χ3n) is 2.08. The van der Waals surface area contributed by atoms with Crippen LogP contribution in [0.2, 0.25) is 0 Å². The Morgan fingerprint density at radius 3 is 2.40 bits per heavy atom.